The Morgan fingerprint density at radius 3 is 2.07 bits per heavy atom. The van der Waals surface area contributed by atoms with Crippen molar-refractivity contribution < 1.29 is 31.7 Å². The third-order valence-corrected chi connectivity index (χ3v) is 5.48. The molecule has 1 aromatic rings. The normalized spacial score (nSPS) is 16.4. The number of benzene rings is 1. The SMILES string of the molecule is CC(C)(O)C[C@](C)(NS(=O)C(C)(C)C)c1cc(NC(=O)C(F)(F)F)ccc1F. The number of hydrogen-bond acceptors (Lipinski definition) is 3. The van der Waals surface area contributed by atoms with Crippen LogP contribution in [-0.2, 0) is 21.3 Å². The predicted octanol–water partition coefficient (Wildman–Crippen LogP) is 3.75. The molecule has 160 valence electrons. The summed E-state index contributed by atoms with van der Waals surface area (Å²) < 4.78 is 66.8. The maximum Gasteiger partial charge on any atom is 0.471 e. The summed E-state index contributed by atoms with van der Waals surface area (Å²) in [5.74, 6) is -2.98. The zero-order chi connectivity index (χ0) is 22.1. The molecule has 0 aliphatic rings. The molecule has 10 heteroatoms. The number of nitrogens with one attached hydrogen (secondary N) is 2. The molecule has 0 aliphatic heterocycles. The van der Waals surface area contributed by atoms with Crippen molar-refractivity contribution in [2.45, 2.75) is 70.0 Å². The van der Waals surface area contributed by atoms with Crippen LogP contribution in [0.1, 0.15) is 53.5 Å². The molecule has 1 amide bonds. The molecule has 1 rings (SSSR count). The fourth-order valence-electron chi connectivity index (χ4n) is 2.64. The molecule has 0 aliphatic carbocycles. The van der Waals surface area contributed by atoms with Gasteiger partial charge in [-0.25, -0.2) is 13.3 Å². The number of alkyl halides is 3. The first-order valence-corrected chi connectivity index (χ1v) is 9.60. The fraction of sp³-hybridized carbons (Fsp3) is 0.611. The highest BCUT2D eigenvalue weighted by molar-refractivity contribution is 7.84. The maximum absolute atomic E-state index is 14.6. The van der Waals surface area contributed by atoms with Crippen LogP contribution < -0.4 is 10.0 Å². The Hall–Kier alpha value is -1.52. The number of amides is 1. The van der Waals surface area contributed by atoms with Gasteiger partial charge in [0.05, 0.1) is 26.9 Å². The number of hydrogen-bond donors (Lipinski definition) is 3. The van der Waals surface area contributed by atoms with E-state index in [0.717, 1.165) is 18.2 Å². The summed E-state index contributed by atoms with van der Waals surface area (Å²) in [6.07, 6.45) is -5.20. The van der Waals surface area contributed by atoms with E-state index in [1.165, 1.54) is 20.8 Å². The third-order valence-electron chi connectivity index (χ3n) is 3.74. The summed E-state index contributed by atoms with van der Waals surface area (Å²) in [6.45, 7) is 9.51. The van der Waals surface area contributed by atoms with Gasteiger partial charge >= 0.3 is 12.1 Å². The van der Waals surface area contributed by atoms with E-state index in [0.29, 0.717) is 0 Å². The Kier molecular flexibility index (Phi) is 7.07. The van der Waals surface area contributed by atoms with Crippen molar-refractivity contribution in [3.8, 4) is 0 Å². The van der Waals surface area contributed by atoms with Gasteiger partial charge in [-0.3, -0.25) is 4.79 Å². The van der Waals surface area contributed by atoms with Gasteiger partial charge in [0.15, 0.2) is 0 Å². The van der Waals surface area contributed by atoms with Crippen molar-refractivity contribution in [1.82, 2.24) is 4.72 Å². The van der Waals surface area contributed by atoms with Crippen molar-refractivity contribution >= 4 is 22.6 Å². The molecule has 0 aromatic heterocycles. The Labute approximate surface area is 164 Å². The molecule has 0 heterocycles. The second kappa shape index (κ2) is 8.08. The van der Waals surface area contributed by atoms with E-state index in [4.69, 9.17) is 0 Å². The zero-order valence-electron chi connectivity index (χ0n) is 16.6. The van der Waals surface area contributed by atoms with Gasteiger partial charge in [0, 0.05) is 11.3 Å². The lowest BCUT2D eigenvalue weighted by molar-refractivity contribution is -0.167. The largest absolute Gasteiger partial charge is 0.471 e. The van der Waals surface area contributed by atoms with Crippen LogP contribution in [0.4, 0.5) is 23.2 Å². The second-order valence-corrected chi connectivity index (χ2v) is 10.4. The first-order chi connectivity index (χ1) is 12.3. The highest BCUT2D eigenvalue weighted by Crippen LogP contribution is 2.35. The summed E-state index contributed by atoms with van der Waals surface area (Å²) in [6, 6.07) is 2.94. The molecule has 28 heavy (non-hydrogen) atoms. The molecule has 0 spiro atoms. The number of rotatable bonds is 6. The van der Waals surface area contributed by atoms with Crippen LogP contribution in [0.5, 0.6) is 0 Å². The van der Waals surface area contributed by atoms with Crippen LogP contribution in [-0.4, -0.2) is 31.7 Å². The Morgan fingerprint density at radius 1 is 1.11 bits per heavy atom. The molecular weight excluding hydrogens is 400 g/mol. The first-order valence-electron chi connectivity index (χ1n) is 8.45. The highest BCUT2D eigenvalue weighted by Gasteiger charge is 2.40. The fourth-order valence-corrected chi connectivity index (χ4v) is 3.53. The number of halogens is 4. The number of carbonyl (C=O) groups excluding carboxylic acids is 1. The summed E-state index contributed by atoms with van der Waals surface area (Å²) in [4.78, 5) is 11.2. The Morgan fingerprint density at radius 2 is 1.64 bits per heavy atom. The standard InChI is InChI=1S/C18H26F4N2O3S/c1-15(2,3)28(27)24-17(6,10-16(4,5)26)12-9-11(7-8-13(12)19)23-14(25)18(20,21)22/h7-9,24,26H,10H2,1-6H3,(H,23,25)/t17-,28?/m0/s1. The van der Waals surface area contributed by atoms with Crippen molar-refractivity contribution in [1.29, 1.82) is 0 Å². The lowest BCUT2D eigenvalue weighted by Crippen LogP contribution is -2.50. The van der Waals surface area contributed by atoms with E-state index in [1.54, 1.807) is 26.1 Å². The van der Waals surface area contributed by atoms with E-state index < -0.39 is 44.8 Å². The number of carbonyl (C=O) groups is 1. The van der Waals surface area contributed by atoms with E-state index in [2.05, 4.69) is 4.72 Å². The van der Waals surface area contributed by atoms with Crippen molar-refractivity contribution in [2.24, 2.45) is 0 Å². The average Bonchev–Trinajstić information content (AvgIpc) is 2.44. The molecule has 1 aromatic carbocycles. The third kappa shape index (κ3) is 6.82. The Balaban J connectivity index is 3.42. The molecule has 0 saturated carbocycles. The number of aliphatic hydroxyl groups is 1. The van der Waals surface area contributed by atoms with Gasteiger partial charge in [-0.05, 0) is 66.2 Å². The number of anilines is 1. The monoisotopic (exact) mass is 426 g/mol. The van der Waals surface area contributed by atoms with Crippen molar-refractivity contribution in [2.75, 3.05) is 5.32 Å². The minimum absolute atomic E-state index is 0.102. The molecule has 0 bridgehead atoms. The summed E-state index contributed by atoms with van der Waals surface area (Å²) in [5, 5.41) is 11.9. The van der Waals surface area contributed by atoms with Gasteiger partial charge in [0.2, 0.25) is 0 Å². The van der Waals surface area contributed by atoms with Crippen LogP contribution >= 0.6 is 0 Å². The molecule has 1 unspecified atom stereocenters. The summed E-state index contributed by atoms with van der Waals surface area (Å²) in [5.41, 5.74) is -3.13. The summed E-state index contributed by atoms with van der Waals surface area (Å²) in [7, 11) is -1.68. The molecule has 3 N–H and O–H groups in total. The predicted molar refractivity (Wildman–Crippen MR) is 100 cm³/mol. The van der Waals surface area contributed by atoms with Crippen LogP contribution in [0.2, 0.25) is 0 Å². The topological polar surface area (TPSA) is 78.4 Å². The molecule has 2 atom stereocenters. The van der Waals surface area contributed by atoms with Gasteiger partial charge in [-0.1, -0.05) is 0 Å². The molecule has 5 nitrogen and oxygen atoms in total. The van der Waals surface area contributed by atoms with Gasteiger partial charge in [0.1, 0.15) is 5.82 Å². The van der Waals surface area contributed by atoms with E-state index in [1.807, 2.05) is 0 Å². The van der Waals surface area contributed by atoms with Gasteiger partial charge in [-0.15, -0.1) is 0 Å². The van der Waals surface area contributed by atoms with Crippen molar-refractivity contribution in [3.63, 3.8) is 0 Å². The quantitative estimate of drug-likeness (QED) is 0.606. The zero-order valence-corrected chi connectivity index (χ0v) is 17.4. The highest BCUT2D eigenvalue weighted by atomic mass is 32.2. The second-order valence-electron chi connectivity index (χ2n) is 8.45. The Bertz CT molecular complexity index is 755. The minimum Gasteiger partial charge on any atom is -0.390 e. The first kappa shape index (κ1) is 24.5. The lowest BCUT2D eigenvalue weighted by atomic mass is 9.82. The van der Waals surface area contributed by atoms with Crippen molar-refractivity contribution in [3.05, 3.63) is 29.6 Å². The smallest absolute Gasteiger partial charge is 0.390 e. The van der Waals surface area contributed by atoms with E-state index in [9.17, 15) is 31.7 Å². The van der Waals surface area contributed by atoms with Crippen LogP contribution in [0.15, 0.2) is 18.2 Å². The molecule has 0 radical (unpaired) electrons. The molecular formula is C18H26F4N2O3S. The molecule has 0 fully saturated rings. The van der Waals surface area contributed by atoms with Gasteiger partial charge < -0.3 is 10.4 Å². The summed E-state index contributed by atoms with van der Waals surface area (Å²) >= 11 is 0. The maximum atomic E-state index is 14.6. The van der Waals surface area contributed by atoms with Gasteiger partial charge in [-0.2, -0.15) is 13.2 Å². The van der Waals surface area contributed by atoms with E-state index in [-0.39, 0.29) is 17.7 Å². The van der Waals surface area contributed by atoms with E-state index >= 15 is 0 Å². The van der Waals surface area contributed by atoms with Crippen LogP contribution in [0.25, 0.3) is 0 Å². The average molecular weight is 426 g/mol. The van der Waals surface area contributed by atoms with Crippen LogP contribution in [0, 0.1) is 5.82 Å². The lowest BCUT2D eigenvalue weighted by Gasteiger charge is -2.38. The minimum atomic E-state index is -5.10. The molecule has 0 saturated heterocycles. The van der Waals surface area contributed by atoms with Crippen LogP contribution in [0.3, 0.4) is 0 Å². The van der Waals surface area contributed by atoms with Gasteiger partial charge in [0.25, 0.3) is 0 Å².